The Hall–Kier alpha value is -2.12. The van der Waals surface area contributed by atoms with Crippen molar-refractivity contribution in [3.63, 3.8) is 0 Å². The third kappa shape index (κ3) is 4.12. The average molecular weight is 433 g/mol. The summed E-state index contributed by atoms with van der Waals surface area (Å²) in [6.45, 7) is 0. The molecule has 1 aromatic heterocycles. The molecule has 1 saturated carbocycles. The normalized spacial score (nSPS) is 24.2. The predicted molar refractivity (Wildman–Crippen MR) is 116 cm³/mol. The summed E-state index contributed by atoms with van der Waals surface area (Å²) in [6.07, 6.45) is 4.94. The monoisotopic (exact) mass is 432 g/mol. The van der Waals surface area contributed by atoms with Gasteiger partial charge in [0, 0.05) is 17.0 Å². The van der Waals surface area contributed by atoms with E-state index in [-0.39, 0.29) is 22.6 Å². The van der Waals surface area contributed by atoms with Crippen LogP contribution in [0.1, 0.15) is 48.2 Å². The summed E-state index contributed by atoms with van der Waals surface area (Å²) in [6, 6.07) is 9.47. The van der Waals surface area contributed by atoms with E-state index in [1.807, 2.05) is 0 Å². The lowest BCUT2D eigenvalue weighted by atomic mass is 9.75. The van der Waals surface area contributed by atoms with Crippen molar-refractivity contribution in [2.24, 2.45) is 16.6 Å². The number of rotatable bonds is 3. The molecule has 1 fully saturated rings. The zero-order chi connectivity index (χ0) is 20.4. The second-order valence-electron chi connectivity index (χ2n) is 7.48. The highest BCUT2D eigenvalue weighted by Crippen LogP contribution is 2.49. The Morgan fingerprint density at radius 1 is 1.28 bits per heavy atom. The fourth-order valence-corrected chi connectivity index (χ4v) is 5.47. The van der Waals surface area contributed by atoms with Crippen molar-refractivity contribution >= 4 is 40.1 Å². The van der Waals surface area contributed by atoms with Gasteiger partial charge in [-0.05, 0) is 49.1 Å². The molecule has 1 aromatic carbocycles. The van der Waals surface area contributed by atoms with Crippen molar-refractivity contribution in [2.45, 2.75) is 37.6 Å². The predicted octanol–water partition coefficient (Wildman–Crippen LogP) is 4.96. The minimum absolute atomic E-state index is 0.199. The Morgan fingerprint density at radius 3 is 2.97 bits per heavy atom. The number of fused-ring (bicyclic) bond motifs is 1. The first kappa shape index (κ1) is 20.2. The van der Waals surface area contributed by atoms with Gasteiger partial charge < -0.3 is 11.1 Å². The van der Waals surface area contributed by atoms with Crippen LogP contribution in [0.5, 0.6) is 0 Å². The number of carbonyl (C=O) groups excluding carboxylic acids is 1. The number of hydrogen-bond donors (Lipinski definition) is 2. The first-order valence-corrected chi connectivity index (χ1v) is 11.1. The van der Waals surface area contributed by atoms with Gasteiger partial charge in [0.2, 0.25) is 0 Å². The maximum Gasteiger partial charge on any atom is 0.274 e. The standard InChI is InChI=1S/C21H22ClFN4OS/c22-18-7-4-6-17(26-18)19(28)25-14-8-9-16(23)15(11-14)21-10-3-1-2-5-13(21)12-29-20(24)27-21/h4,6-9,11,13H,1-3,5,10,12H2,(H2,24,27)(H,25,28). The summed E-state index contributed by atoms with van der Waals surface area (Å²) < 4.78 is 15.0. The molecule has 0 bridgehead atoms. The molecule has 8 heteroatoms. The highest BCUT2D eigenvalue weighted by atomic mass is 35.5. The molecule has 29 heavy (non-hydrogen) atoms. The van der Waals surface area contributed by atoms with Crippen LogP contribution in [-0.4, -0.2) is 21.8 Å². The van der Waals surface area contributed by atoms with E-state index < -0.39 is 11.4 Å². The van der Waals surface area contributed by atoms with Gasteiger partial charge in [-0.3, -0.25) is 9.79 Å². The Balaban J connectivity index is 1.70. The van der Waals surface area contributed by atoms with Gasteiger partial charge in [0.05, 0.1) is 5.54 Å². The van der Waals surface area contributed by atoms with Crippen molar-refractivity contribution in [3.05, 3.63) is 58.6 Å². The molecule has 1 aliphatic heterocycles. The number of hydrogen-bond acceptors (Lipinski definition) is 5. The van der Waals surface area contributed by atoms with E-state index in [1.54, 1.807) is 42.1 Å². The first-order chi connectivity index (χ1) is 14.0. The molecule has 0 radical (unpaired) electrons. The molecule has 0 saturated heterocycles. The van der Waals surface area contributed by atoms with Gasteiger partial charge in [-0.2, -0.15) is 0 Å². The summed E-state index contributed by atoms with van der Waals surface area (Å²) in [5, 5.41) is 3.54. The van der Waals surface area contributed by atoms with Crippen LogP contribution in [-0.2, 0) is 5.54 Å². The Kier molecular flexibility index (Phi) is 5.79. The van der Waals surface area contributed by atoms with Gasteiger partial charge in [-0.25, -0.2) is 9.37 Å². The molecule has 2 aromatic rings. The molecule has 1 aliphatic carbocycles. The molecule has 2 aliphatic rings. The fourth-order valence-electron chi connectivity index (χ4n) is 4.27. The maximum atomic E-state index is 15.0. The number of amides is 1. The summed E-state index contributed by atoms with van der Waals surface area (Å²) in [5.74, 6) is 0.330. The van der Waals surface area contributed by atoms with Crippen LogP contribution in [0.25, 0.3) is 0 Å². The van der Waals surface area contributed by atoms with E-state index in [2.05, 4.69) is 10.3 Å². The minimum atomic E-state index is -0.676. The van der Waals surface area contributed by atoms with Crippen LogP contribution < -0.4 is 11.1 Å². The fraction of sp³-hybridized carbons (Fsp3) is 0.381. The van der Waals surface area contributed by atoms with Crippen LogP contribution in [0, 0.1) is 11.7 Å². The van der Waals surface area contributed by atoms with Gasteiger partial charge in [0.1, 0.15) is 16.7 Å². The Labute approximate surface area is 178 Å². The van der Waals surface area contributed by atoms with Crippen molar-refractivity contribution < 1.29 is 9.18 Å². The molecule has 152 valence electrons. The Morgan fingerprint density at radius 2 is 2.14 bits per heavy atom. The summed E-state index contributed by atoms with van der Waals surface area (Å²) in [7, 11) is 0. The van der Waals surface area contributed by atoms with E-state index in [0.29, 0.717) is 16.4 Å². The zero-order valence-electron chi connectivity index (χ0n) is 15.8. The number of nitrogens with zero attached hydrogens (tertiary/aromatic N) is 2. The van der Waals surface area contributed by atoms with Crippen LogP contribution in [0.3, 0.4) is 0 Å². The number of anilines is 1. The van der Waals surface area contributed by atoms with Crippen LogP contribution in [0.4, 0.5) is 10.1 Å². The highest BCUT2D eigenvalue weighted by molar-refractivity contribution is 8.13. The van der Waals surface area contributed by atoms with Crippen molar-refractivity contribution in [2.75, 3.05) is 11.1 Å². The quantitative estimate of drug-likeness (QED) is 0.671. The lowest BCUT2D eigenvalue weighted by Crippen LogP contribution is -2.40. The summed E-state index contributed by atoms with van der Waals surface area (Å²) in [5.41, 5.74) is 6.60. The summed E-state index contributed by atoms with van der Waals surface area (Å²) >= 11 is 7.42. The van der Waals surface area contributed by atoms with Gasteiger partial charge in [-0.1, -0.05) is 48.7 Å². The number of carbonyl (C=O) groups is 1. The molecule has 2 unspecified atom stereocenters. The first-order valence-electron chi connectivity index (χ1n) is 9.70. The molecular formula is C21H22ClFN4OS. The third-order valence-electron chi connectivity index (χ3n) is 5.67. The lowest BCUT2D eigenvalue weighted by molar-refractivity contribution is 0.102. The molecule has 1 amide bonds. The Bertz CT molecular complexity index is 969. The molecule has 0 spiro atoms. The van der Waals surface area contributed by atoms with Gasteiger partial charge >= 0.3 is 0 Å². The SMILES string of the molecule is NC1=NC2(c3cc(NC(=O)c4cccc(Cl)n4)ccc3F)CCCCCC2CS1. The van der Waals surface area contributed by atoms with E-state index in [4.69, 9.17) is 22.3 Å². The van der Waals surface area contributed by atoms with Crippen molar-refractivity contribution in [3.8, 4) is 0 Å². The zero-order valence-corrected chi connectivity index (χ0v) is 17.4. The van der Waals surface area contributed by atoms with Crippen LogP contribution >= 0.6 is 23.4 Å². The molecule has 3 N–H and O–H groups in total. The lowest BCUT2D eigenvalue weighted by Gasteiger charge is -2.40. The van der Waals surface area contributed by atoms with E-state index in [1.165, 1.54) is 6.07 Å². The number of thioether (sulfide) groups is 1. The number of aromatic nitrogens is 1. The smallest absolute Gasteiger partial charge is 0.274 e. The number of aliphatic imine (C=N–C) groups is 1. The average Bonchev–Trinajstić information content (AvgIpc) is 2.92. The van der Waals surface area contributed by atoms with E-state index >= 15 is 4.39 Å². The van der Waals surface area contributed by atoms with Crippen LogP contribution in [0.15, 0.2) is 41.4 Å². The van der Waals surface area contributed by atoms with Crippen molar-refractivity contribution in [1.29, 1.82) is 0 Å². The largest absolute Gasteiger partial charge is 0.379 e. The van der Waals surface area contributed by atoms with Gasteiger partial charge in [-0.15, -0.1) is 0 Å². The number of nitrogens with two attached hydrogens (primary N) is 1. The van der Waals surface area contributed by atoms with E-state index in [9.17, 15) is 4.79 Å². The number of halogens is 2. The number of benzene rings is 1. The number of pyridine rings is 1. The van der Waals surface area contributed by atoms with Gasteiger partial charge in [0.25, 0.3) is 5.91 Å². The third-order valence-corrected chi connectivity index (χ3v) is 6.83. The maximum absolute atomic E-state index is 15.0. The van der Waals surface area contributed by atoms with E-state index in [0.717, 1.165) is 37.9 Å². The minimum Gasteiger partial charge on any atom is -0.379 e. The summed E-state index contributed by atoms with van der Waals surface area (Å²) in [4.78, 5) is 21.4. The second kappa shape index (κ2) is 8.32. The molecule has 2 atom stereocenters. The molecule has 2 heterocycles. The highest BCUT2D eigenvalue weighted by Gasteiger charge is 2.45. The second-order valence-corrected chi connectivity index (χ2v) is 8.90. The topological polar surface area (TPSA) is 80.4 Å². The van der Waals surface area contributed by atoms with Gasteiger partial charge in [0.15, 0.2) is 5.17 Å². The molecule has 5 nitrogen and oxygen atoms in total. The van der Waals surface area contributed by atoms with Crippen molar-refractivity contribution in [1.82, 2.24) is 4.98 Å². The number of nitrogens with one attached hydrogen (secondary N) is 1. The number of amidine groups is 1. The molecule has 4 rings (SSSR count). The van der Waals surface area contributed by atoms with Crippen LogP contribution in [0.2, 0.25) is 5.15 Å². The molecular weight excluding hydrogens is 411 g/mol.